The molecule has 0 bridgehead atoms. The van der Waals surface area contributed by atoms with Gasteiger partial charge in [-0.2, -0.15) is 0 Å². The van der Waals surface area contributed by atoms with Gasteiger partial charge in [-0.1, -0.05) is 27.7 Å². The van der Waals surface area contributed by atoms with Gasteiger partial charge < -0.3 is 24.8 Å². The van der Waals surface area contributed by atoms with Crippen molar-refractivity contribution in [2.24, 2.45) is 5.41 Å². The molecular weight excluding hydrogens is 424 g/mol. The first-order valence-electron chi connectivity index (χ1n) is 12.3. The van der Waals surface area contributed by atoms with Crippen LogP contribution in [0.5, 0.6) is 0 Å². The van der Waals surface area contributed by atoms with Crippen LogP contribution in [0.15, 0.2) is 0 Å². The number of hydrogen-bond acceptors (Lipinski definition) is 8. The molecule has 0 aromatic carbocycles. The lowest BCUT2D eigenvalue weighted by Crippen LogP contribution is -2.48. The van der Waals surface area contributed by atoms with Crippen molar-refractivity contribution in [2.75, 3.05) is 59.3 Å². The summed E-state index contributed by atoms with van der Waals surface area (Å²) in [5, 5.41) is 6.39. The molecule has 0 aliphatic heterocycles. The van der Waals surface area contributed by atoms with E-state index in [1.807, 2.05) is 34.6 Å². The van der Waals surface area contributed by atoms with Gasteiger partial charge in [0.2, 0.25) is 0 Å². The van der Waals surface area contributed by atoms with Crippen LogP contribution in [0.2, 0.25) is 0 Å². The van der Waals surface area contributed by atoms with Crippen LogP contribution in [0, 0.1) is 5.41 Å². The second-order valence-electron chi connectivity index (χ2n) is 9.60. The van der Waals surface area contributed by atoms with E-state index in [1.54, 1.807) is 6.92 Å². The molecule has 1 atom stereocenters. The van der Waals surface area contributed by atoms with Crippen LogP contribution in [0.25, 0.3) is 0 Å². The van der Waals surface area contributed by atoms with E-state index in [0.717, 1.165) is 25.8 Å². The van der Waals surface area contributed by atoms with Gasteiger partial charge in [-0.15, -0.1) is 0 Å². The molecule has 1 unspecified atom stereocenters. The largest absolute Gasteiger partial charge is 0.379 e. The fraction of sp³-hybridized carbons (Fsp3) is 0.880. The molecule has 8 heteroatoms. The zero-order valence-electron chi connectivity index (χ0n) is 21.8. The molecule has 0 rings (SSSR count). The van der Waals surface area contributed by atoms with Crippen molar-refractivity contribution in [3.63, 3.8) is 0 Å². The summed E-state index contributed by atoms with van der Waals surface area (Å²) in [6, 6.07) is 0. The number of nitrogens with one attached hydrogen (secondary N) is 2. The van der Waals surface area contributed by atoms with Crippen molar-refractivity contribution >= 4 is 17.3 Å². The van der Waals surface area contributed by atoms with Gasteiger partial charge in [0.1, 0.15) is 17.3 Å². The van der Waals surface area contributed by atoms with E-state index in [4.69, 9.17) is 14.2 Å². The maximum absolute atomic E-state index is 11.8. The normalized spacial score (nSPS) is 13.6. The summed E-state index contributed by atoms with van der Waals surface area (Å²) in [6.45, 7) is 16.3. The molecule has 2 N–H and O–H groups in total. The third-order valence-corrected chi connectivity index (χ3v) is 5.64. The van der Waals surface area contributed by atoms with Crippen LogP contribution in [0.4, 0.5) is 0 Å². The van der Waals surface area contributed by atoms with Crippen LogP contribution in [0.3, 0.4) is 0 Å². The Balaban J connectivity index is 3.38. The van der Waals surface area contributed by atoms with E-state index in [0.29, 0.717) is 65.6 Å². The molecule has 0 fully saturated rings. The molecular formula is C25H48N2O6. The SMILES string of the molecule is CCC(C)(NCCCOCCOCCOCCCNCC(=O)CCC(=O)C(C)(C)C)C(C)=O. The Morgan fingerprint density at radius 1 is 0.758 bits per heavy atom. The molecule has 0 saturated carbocycles. The molecule has 0 spiro atoms. The molecule has 194 valence electrons. The minimum absolute atomic E-state index is 0.0656. The van der Waals surface area contributed by atoms with Gasteiger partial charge in [-0.05, 0) is 46.2 Å². The number of ether oxygens (including phenoxy) is 3. The van der Waals surface area contributed by atoms with Crippen LogP contribution < -0.4 is 10.6 Å². The maximum Gasteiger partial charge on any atom is 0.149 e. The zero-order chi connectivity index (χ0) is 25.2. The quantitative estimate of drug-likeness (QED) is 0.232. The van der Waals surface area contributed by atoms with E-state index in [2.05, 4.69) is 10.6 Å². The highest BCUT2D eigenvalue weighted by molar-refractivity contribution is 5.89. The van der Waals surface area contributed by atoms with E-state index < -0.39 is 5.54 Å². The Hall–Kier alpha value is -1.19. The lowest BCUT2D eigenvalue weighted by atomic mass is 9.88. The molecule has 0 heterocycles. The predicted octanol–water partition coefficient (Wildman–Crippen LogP) is 2.72. The van der Waals surface area contributed by atoms with E-state index in [-0.39, 0.29) is 22.8 Å². The van der Waals surface area contributed by atoms with Crippen molar-refractivity contribution in [1.82, 2.24) is 10.6 Å². The van der Waals surface area contributed by atoms with Crippen molar-refractivity contribution in [1.29, 1.82) is 0 Å². The summed E-state index contributed by atoms with van der Waals surface area (Å²) in [4.78, 5) is 35.2. The number of rotatable bonds is 22. The van der Waals surface area contributed by atoms with Crippen LogP contribution in [-0.4, -0.2) is 82.2 Å². The first-order chi connectivity index (χ1) is 15.5. The molecule has 0 aromatic heterocycles. The average molecular weight is 473 g/mol. The summed E-state index contributed by atoms with van der Waals surface area (Å²) in [5.74, 6) is 0.348. The van der Waals surface area contributed by atoms with Gasteiger partial charge in [0.15, 0.2) is 0 Å². The third-order valence-electron chi connectivity index (χ3n) is 5.64. The highest BCUT2D eigenvalue weighted by Crippen LogP contribution is 2.17. The third kappa shape index (κ3) is 17.0. The maximum atomic E-state index is 11.8. The standard InChI is InChI=1S/C25H48N2O6/c1-7-25(6,21(2)28)27-13-9-15-32-17-19-33-18-16-31-14-8-12-26-20-22(29)10-11-23(30)24(3,4)5/h26-27H,7-20H2,1-6H3. The Kier molecular flexibility index (Phi) is 17.5. The monoisotopic (exact) mass is 472 g/mol. The molecule has 0 aliphatic carbocycles. The fourth-order valence-corrected chi connectivity index (χ4v) is 2.82. The lowest BCUT2D eigenvalue weighted by Gasteiger charge is -2.26. The topological polar surface area (TPSA) is 103 Å². The van der Waals surface area contributed by atoms with Crippen molar-refractivity contribution in [2.45, 2.75) is 79.2 Å². The molecule has 0 amide bonds. The van der Waals surface area contributed by atoms with Crippen LogP contribution in [-0.2, 0) is 28.6 Å². The second-order valence-corrected chi connectivity index (χ2v) is 9.60. The molecule has 0 radical (unpaired) electrons. The van der Waals surface area contributed by atoms with Crippen LogP contribution >= 0.6 is 0 Å². The molecule has 0 aliphatic rings. The van der Waals surface area contributed by atoms with Gasteiger partial charge in [0.25, 0.3) is 0 Å². The Morgan fingerprint density at radius 2 is 1.27 bits per heavy atom. The average Bonchev–Trinajstić information content (AvgIpc) is 2.75. The first-order valence-corrected chi connectivity index (χ1v) is 12.3. The van der Waals surface area contributed by atoms with Gasteiger partial charge in [0, 0.05) is 31.5 Å². The summed E-state index contributed by atoms with van der Waals surface area (Å²) < 4.78 is 16.5. The predicted molar refractivity (Wildman–Crippen MR) is 131 cm³/mol. The summed E-state index contributed by atoms with van der Waals surface area (Å²) in [6.07, 6.45) is 3.05. The zero-order valence-corrected chi connectivity index (χ0v) is 21.8. The van der Waals surface area contributed by atoms with Gasteiger partial charge in [0.05, 0.1) is 38.5 Å². The van der Waals surface area contributed by atoms with Gasteiger partial charge in [-0.25, -0.2) is 0 Å². The molecule has 0 aromatic rings. The first kappa shape index (κ1) is 31.8. The summed E-state index contributed by atoms with van der Waals surface area (Å²) >= 11 is 0. The highest BCUT2D eigenvalue weighted by Gasteiger charge is 2.26. The van der Waals surface area contributed by atoms with Gasteiger partial charge in [-0.3, -0.25) is 14.4 Å². The van der Waals surface area contributed by atoms with E-state index >= 15 is 0 Å². The molecule has 8 nitrogen and oxygen atoms in total. The highest BCUT2D eigenvalue weighted by atomic mass is 16.5. The number of carbonyl (C=O) groups excluding carboxylic acids is 3. The smallest absolute Gasteiger partial charge is 0.149 e. The number of carbonyl (C=O) groups is 3. The molecule has 33 heavy (non-hydrogen) atoms. The molecule has 0 saturated heterocycles. The van der Waals surface area contributed by atoms with Gasteiger partial charge >= 0.3 is 0 Å². The van der Waals surface area contributed by atoms with Crippen molar-refractivity contribution < 1.29 is 28.6 Å². The number of Topliss-reactive ketones (excluding diaryl/α,β-unsaturated/α-hetero) is 3. The Bertz CT molecular complexity index is 562. The Morgan fingerprint density at radius 3 is 1.76 bits per heavy atom. The van der Waals surface area contributed by atoms with Crippen molar-refractivity contribution in [3.8, 4) is 0 Å². The van der Waals surface area contributed by atoms with E-state index in [1.165, 1.54) is 0 Å². The summed E-state index contributed by atoms with van der Waals surface area (Å²) in [7, 11) is 0. The van der Waals surface area contributed by atoms with Crippen LogP contribution in [0.1, 0.15) is 73.6 Å². The van der Waals surface area contributed by atoms with Crippen molar-refractivity contribution in [3.05, 3.63) is 0 Å². The fourth-order valence-electron chi connectivity index (χ4n) is 2.82. The minimum atomic E-state index is -0.440. The lowest BCUT2D eigenvalue weighted by molar-refractivity contribution is -0.128. The number of ketones is 3. The second kappa shape index (κ2) is 18.2. The number of hydrogen-bond donors (Lipinski definition) is 2. The van der Waals surface area contributed by atoms with E-state index in [9.17, 15) is 14.4 Å². The minimum Gasteiger partial charge on any atom is -0.379 e. The summed E-state index contributed by atoms with van der Waals surface area (Å²) in [5.41, 5.74) is -0.821. The Labute approximate surface area is 200 Å².